The summed E-state index contributed by atoms with van der Waals surface area (Å²) >= 11 is 0. The number of carbonyl (C=O) groups excluding carboxylic acids is 2. The molecule has 2 aliphatic heterocycles. The van der Waals surface area contributed by atoms with E-state index in [1.807, 2.05) is 13.8 Å². The Labute approximate surface area is 95.7 Å². The molecule has 2 fully saturated rings. The molecule has 16 heavy (non-hydrogen) atoms. The number of likely N-dealkylation sites (tertiary alicyclic amines) is 1. The first kappa shape index (κ1) is 11.2. The summed E-state index contributed by atoms with van der Waals surface area (Å²) in [6.07, 6.45) is 1.88. The van der Waals surface area contributed by atoms with E-state index in [2.05, 4.69) is 11.9 Å². The van der Waals surface area contributed by atoms with E-state index < -0.39 is 5.41 Å². The van der Waals surface area contributed by atoms with E-state index in [0.29, 0.717) is 13.0 Å². The molecule has 0 saturated carbocycles. The topological polar surface area (TPSA) is 49.4 Å². The van der Waals surface area contributed by atoms with E-state index in [4.69, 9.17) is 0 Å². The summed E-state index contributed by atoms with van der Waals surface area (Å²) < 4.78 is 0. The molecule has 2 heterocycles. The van der Waals surface area contributed by atoms with Gasteiger partial charge in [0.25, 0.3) is 0 Å². The Morgan fingerprint density at radius 1 is 1.44 bits per heavy atom. The minimum Gasteiger partial charge on any atom is -0.339 e. The van der Waals surface area contributed by atoms with Crippen LogP contribution < -0.4 is 5.32 Å². The van der Waals surface area contributed by atoms with E-state index in [9.17, 15) is 9.59 Å². The largest absolute Gasteiger partial charge is 0.339 e. The number of piperidine rings is 1. The average molecular weight is 222 g/mol. The molecule has 88 valence electrons. The van der Waals surface area contributed by atoms with Crippen LogP contribution in [0.1, 0.15) is 33.1 Å². The molecule has 2 saturated heterocycles. The first-order chi connectivity index (χ1) is 7.44. The highest BCUT2D eigenvalue weighted by atomic mass is 16.2. The van der Waals surface area contributed by atoms with Crippen molar-refractivity contribution in [1.82, 2.24) is 10.2 Å². The number of nitrogens with zero attached hydrogens (tertiary/aromatic N) is 1. The molecular formula is C12H18N2O2. The average Bonchev–Trinajstić information content (AvgIpc) is 2.52. The normalized spacial score (nSPS) is 30.4. The van der Waals surface area contributed by atoms with Crippen molar-refractivity contribution in [3.8, 4) is 0 Å². The van der Waals surface area contributed by atoms with Crippen LogP contribution in [0.4, 0.5) is 0 Å². The maximum absolute atomic E-state index is 12.0. The van der Waals surface area contributed by atoms with Gasteiger partial charge >= 0.3 is 0 Å². The summed E-state index contributed by atoms with van der Waals surface area (Å²) in [7, 11) is 0. The Kier molecular flexibility index (Phi) is 2.52. The van der Waals surface area contributed by atoms with Crippen LogP contribution in [0.25, 0.3) is 0 Å². The second-order valence-electron chi connectivity index (χ2n) is 5.13. The van der Waals surface area contributed by atoms with Crippen molar-refractivity contribution in [2.24, 2.45) is 5.41 Å². The SMILES string of the molecule is C=C1CCC2(CC(=O)N(C(C)C)C2)C(=O)N1. The smallest absolute Gasteiger partial charge is 0.232 e. The summed E-state index contributed by atoms with van der Waals surface area (Å²) in [6, 6.07) is 0.171. The number of rotatable bonds is 1. The Hall–Kier alpha value is -1.32. The van der Waals surface area contributed by atoms with Gasteiger partial charge < -0.3 is 10.2 Å². The van der Waals surface area contributed by atoms with Gasteiger partial charge in [-0.05, 0) is 26.7 Å². The van der Waals surface area contributed by atoms with Crippen LogP contribution in [0.15, 0.2) is 12.3 Å². The summed E-state index contributed by atoms with van der Waals surface area (Å²) in [5.41, 5.74) is 0.272. The van der Waals surface area contributed by atoms with Crippen molar-refractivity contribution in [2.45, 2.75) is 39.2 Å². The first-order valence-corrected chi connectivity index (χ1v) is 5.73. The van der Waals surface area contributed by atoms with Gasteiger partial charge in [0.05, 0.1) is 5.41 Å². The van der Waals surface area contributed by atoms with Crippen LogP contribution in [0.5, 0.6) is 0 Å². The van der Waals surface area contributed by atoms with Crippen LogP contribution in [-0.2, 0) is 9.59 Å². The predicted octanol–water partition coefficient (Wildman–Crippen LogP) is 1.04. The van der Waals surface area contributed by atoms with Crippen LogP contribution in [0.3, 0.4) is 0 Å². The standard InChI is InChI=1S/C12H18N2O2/c1-8(2)14-7-12(6-10(14)15)5-4-9(3)13-11(12)16/h8H,3-7H2,1-2H3,(H,13,16). The van der Waals surface area contributed by atoms with Crippen molar-refractivity contribution in [3.63, 3.8) is 0 Å². The van der Waals surface area contributed by atoms with Gasteiger partial charge in [0.1, 0.15) is 0 Å². The number of allylic oxidation sites excluding steroid dienone is 1. The van der Waals surface area contributed by atoms with Crippen LogP contribution in [-0.4, -0.2) is 29.3 Å². The quantitative estimate of drug-likeness (QED) is 0.720. The molecule has 1 N–H and O–H groups in total. The zero-order valence-corrected chi connectivity index (χ0v) is 9.88. The van der Waals surface area contributed by atoms with Gasteiger partial charge in [-0.1, -0.05) is 6.58 Å². The van der Waals surface area contributed by atoms with Crippen molar-refractivity contribution in [2.75, 3.05) is 6.54 Å². The number of hydrogen-bond acceptors (Lipinski definition) is 2. The molecular weight excluding hydrogens is 204 g/mol. The summed E-state index contributed by atoms with van der Waals surface area (Å²) in [5, 5.41) is 2.78. The molecule has 0 bridgehead atoms. The maximum atomic E-state index is 12.0. The second kappa shape index (κ2) is 3.61. The number of nitrogens with one attached hydrogen (secondary N) is 1. The highest BCUT2D eigenvalue weighted by Crippen LogP contribution is 2.40. The molecule has 1 spiro atoms. The van der Waals surface area contributed by atoms with Gasteiger partial charge in [0.2, 0.25) is 11.8 Å². The lowest BCUT2D eigenvalue weighted by molar-refractivity contribution is -0.133. The Bertz CT molecular complexity index is 362. The van der Waals surface area contributed by atoms with Gasteiger partial charge in [0.15, 0.2) is 0 Å². The molecule has 0 aromatic carbocycles. The second-order valence-corrected chi connectivity index (χ2v) is 5.13. The lowest BCUT2D eigenvalue weighted by Gasteiger charge is -2.33. The molecule has 1 unspecified atom stereocenters. The zero-order valence-electron chi connectivity index (χ0n) is 9.88. The van der Waals surface area contributed by atoms with E-state index in [1.165, 1.54) is 0 Å². The van der Waals surface area contributed by atoms with Crippen LogP contribution >= 0.6 is 0 Å². The van der Waals surface area contributed by atoms with Gasteiger partial charge in [0, 0.05) is 24.7 Å². The van der Waals surface area contributed by atoms with E-state index >= 15 is 0 Å². The van der Waals surface area contributed by atoms with Gasteiger partial charge in [-0.2, -0.15) is 0 Å². The minimum atomic E-state index is -0.497. The van der Waals surface area contributed by atoms with Gasteiger partial charge in [-0.25, -0.2) is 0 Å². The summed E-state index contributed by atoms with van der Waals surface area (Å²) in [6.45, 7) is 8.29. The fourth-order valence-electron chi connectivity index (χ4n) is 2.51. The molecule has 0 radical (unpaired) electrons. The molecule has 1 atom stereocenters. The summed E-state index contributed by atoms with van der Waals surface area (Å²) in [5.74, 6) is 0.0675. The third-order valence-electron chi connectivity index (χ3n) is 3.58. The zero-order chi connectivity index (χ0) is 11.9. The third-order valence-corrected chi connectivity index (χ3v) is 3.58. The van der Waals surface area contributed by atoms with Gasteiger partial charge in [-0.15, -0.1) is 0 Å². The fraction of sp³-hybridized carbons (Fsp3) is 0.667. The molecule has 0 aliphatic carbocycles. The molecule has 4 nitrogen and oxygen atoms in total. The molecule has 2 amide bonds. The lowest BCUT2D eigenvalue weighted by atomic mass is 9.78. The van der Waals surface area contributed by atoms with Crippen molar-refractivity contribution >= 4 is 11.8 Å². The third kappa shape index (κ3) is 1.62. The fourth-order valence-corrected chi connectivity index (χ4v) is 2.51. The Balaban J connectivity index is 2.19. The van der Waals surface area contributed by atoms with E-state index in [1.54, 1.807) is 4.90 Å². The Morgan fingerprint density at radius 2 is 2.12 bits per heavy atom. The van der Waals surface area contributed by atoms with Crippen molar-refractivity contribution < 1.29 is 9.59 Å². The highest BCUT2D eigenvalue weighted by Gasteiger charge is 2.50. The number of amides is 2. The van der Waals surface area contributed by atoms with E-state index in [0.717, 1.165) is 18.5 Å². The molecule has 4 heteroatoms. The van der Waals surface area contributed by atoms with Crippen LogP contribution in [0.2, 0.25) is 0 Å². The van der Waals surface area contributed by atoms with Crippen molar-refractivity contribution in [3.05, 3.63) is 12.3 Å². The minimum absolute atomic E-state index is 0.0275. The highest BCUT2D eigenvalue weighted by molar-refractivity contribution is 5.94. The van der Waals surface area contributed by atoms with Crippen molar-refractivity contribution in [1.29, 1.82) is 0 Å². The molecule has 0 aromatic rings. The maximum Gasteiger partial charge on any atom is 0.232 e. The molecule has 2 aliphatic rings. The lowest BCUT2D eigenvalue weighted by Crippen LogP contribution is -2.46. The first-order valence-electron chi connectivity index (χ1n) is 5.73. The monoisotopic (exact) mass is 222 g/mol. The number of carbonyl (C=O) groups is 2. The van der Waals surface area contributed by atoms with Crippen LogP contribution in [0, 0.1) is 5.41 Å². The Morgan fingerprint density at radius 3 is 2.62 bits per heavy atom. The van der Waals surface area contributed by atoms with Gasteiger partial charge in [-0.3, -0.25) is 9.59 Å². The number of hydrogen-bond donors (Lipinski definition) is 1. The molecule has 0 aromatic heterocycles. The summed E-state index contributed by atoms with van der Waals surface area (Å²) in [4.78, 5) is 25.6. The molecule has 2 rings (SSSR count). The predicted molar refractivity (Wildman–Crippen MR) is 60.4 cm³/mol. The van der Waals surface area contributed by atoms with E-state index in [-0.39, 0.29) is 17.9 Å².